The molecule has 0 aromatic heterocycles. The van der Waals surface area contributed by atoms with Crippen LogP contribution in [0.4, 0.5) is 9.18 Å². The first-order chi connectivity index (χ1) is 9.52. The maximum Gasteiger partial charge on any atom is 0.409 e. The number of carbonyl (C=O) groups excluding carboxylic acids is 2. The van der Waals surface area contributed by atoms with Crippen molar-refractivity contribution in [2.45, 2.75) is 0 Å². The molecule has 108 valence electrons. The van der Waals surface area contributed by atoms with Gasteiger partial charge in [-0.15, -0.1) is 0 Å². The first kappa shape index (κ1) is 14.8. The predicted molar refractivity (Wildman–Crippen MR) is 74.0 cm³/mol. The summed E-state index contributed by atoms with van der Waals surface area (Å²) in [5.74, 6) is -0.703. The number of hydrogen-bond acceptors (Lipinski definition) is 3. The van der Waals surface area contributed by atoms with E-state index in [0.717, 1.165) is 0 Å². The highest BCUT2D eigenvalue weighted by atomic mass is 79.9. The van der Waals surface area contributed by atoms with Crippen LogP contribution in [0.5, 0.6) is 0 Å². The first-order valence-corrected chi connectivity index (χ1v) is 6.89. The summed E-state index contributed by atoms with van der Waals surface area (Å²) in [6.45, 7) is 1.62. The molecule has 7 heteroatoms. The molecule has 0 N–H and O–H groups in total. The van der Waals surface area contributed by atoms with Crippen molar-refractivity contribution in [1.82, 2.24) is 9.80 Å². The minimum absolute atomic E-state index is 0.249. The monoisotopic (exact) mass is 344 g/mol. The summed E-state index contributed by atoms with van der Waals surface area (Å²) < 4.78 is 18.4. The SMILES string of the molecule is COC(=O)N1CCN(C(=O)c2cc(F)ccc2Br)CC1. The Morgan fingerprint density at radius 2 is 1.80 bits per heavy atom. The van der Waals surface area contributed by atoms with Gasteiger partial charge in [-0.25, -0.2) is 9.18 Å². The molecule has 1 aromatic rings. The van der Waals surface area contributed by atoms with Crippen LogP contribution in [-0.2, 0) is 4.74 Å². The molecule has 0 atom stereocenters. The lowest BCUT2D eigenvalue weighted by Crippen LogP contribution is -2.50. The average Bonchev–Trinajstić information content (AvgIpc) is 2.48. The molecule has 1 aromatic carbocycles. The van der Waals surface area contributed by atoms with Crippen molar-refractivity contribution in [3.05, 3.63) is 34.1 Å². The summed E-state index contributed by atoms with van der Waals surface area (Å²) in [5, 5.41) is 0. The van der Waals surface area contributed by atoms with Gasteiger partial charge >= 0.3 is 6.09 Å². The van der Waals surface area contributed by atoms with Crippen molar-refractivity contribution in [2.24, 2.45) is 0 Å². The molecule has 2 rings (SSSR count). The highest BCUT2D eigenvalue weighted by Crippen LogP contribution is 2.20. The number of carbonyl (C=O) groups is 2. The third-order valence-corrected chi connectivity index (χ3v) is 3.85. The zero-order valence-electron chi connectivity index (χ0n) is 10.9. The molecule has 1 fully saturated rings. The number of hydrogen-bond donors (Lipinski definition) is 0. The van der Waals surface area contributed by atoms with Crippen molar-refractivity contribution in [3.8, 4) is 0 Å². The fourth-order valence-corrected chi connectivity index (χ4v) is 2.47. The molecule has 0 unspecified atom stereocenters. The quantitative estimate of drug-likeness (QED) is 0.783. The zero-order valence-corrected chi connectivity index (χ0v) is 12.5. The second-order valence-corrected chi connectivity index (χ2v) is 5.23. The van der Waals surface area contributed by atoms with Gasteiger partial charge in [-0.2, -0.15) is 0 Å². The lowest BCUT2D eigenvalue weighted by molar-refractivity contribution is 0.0598. The van der Waals surface area contributed by atoms with E-state index in [1.165, 1.54) is 30.2 Å². The minimum atomic E-state index is -0.454. The first-order valence-electron chi connectivity index (χ1n) is 6.10. The smallest absolute Gasteiger partial charge is 0.409 e. The maximum absolute atomic E-state index is 13.2. The number of benzene rings is 1. The Morgan fingerprint density at radius 1 is 1.20 bits per heavy atom. The van der Waals surface area contributed by atoms with E-state index < -0.39 is 11.9 Å². The van der Waals surface area contributed by atoms with Crippen LogP contribution in [0.15, 0.2) is 22.7 Å². The number of nitrogens with zero attached hydrogens (tertiary/aromatic N) is 2. The van der Waals surface area contributed by atoms with Gasteiger partial charge in [0, 0.05) is 30.7 Å². The molecule has 1 aliphatic rings. The largest absolute Gasteiger partial charge is 0.453 e. The Bertz CT molecular complexity index is 530. The van der Waals surface area contributed by atoms with Crippen LogP contribution in [0, 0.1) is 5.82 Å². The molecule has 1 heterocycles. The van der Waals surface area contributed by atoms with Crippen LogP contribution < -0.4 is 0 Å². The van der Waals surface area contributed by atoms with Crippen LogP contribution in [-0.4, -0.2) is 55.1 Å². The van der Waals surface area contributed by atoms with Crippen LogP contribution in [0.1, 0.15) is 10.4 Å². The van der Waals surface area contributed by atoms with E-state index in [9.17, 15) is 14.0 Å². The standard InChI is InChI=1S/C13H14BrFN2O3/c1-20-13(19)17-6-4-16(5-7-17)12(18)10-8-9(15)2-3-11(10)14/h2-3,8H,4-7H2,1H3. The van der Waals surface area contributed by atoms with Crippen LogP contribution >= 0.6 is 15.9 Å². The summed E-state index contributed by atoms with van der Waals surface area (Å²) in [6.07, 6.45) is -0.399. The summed E-state index contributed by atoms with van der Waals surface area (Å²) in [4.78, 5) is 26.8. The molecule has 5 nitrogen and oxygen atoms in total. The van der Waals surface area contributed by atoms with E-state index >= 15 is 0 Å². The van der Waals surface area contributed by atoms with E-state index in [-0.39, 0.29) is 11.5 Å². The van der Waals surface area contributed by atoms with Gasteiger partial charge in [-0.3, -0.25) is 4.79 Å². The van der Waals surface area contributed by atoms with Gasteiger partial charge in [0.2, 0.25) is 0 Å². The maximum atomic E-state index is 13.2. The van der Waals surface area contributed by atoms with Crippen LogP contribution in [0.2, 0.25) is 0 Å². The molecule has 0 radical (unpaired) electrons. The Labute approximate surface area is 124 Å². The lowest BCUT2D eigenvalue weighted by atomic mass is 10.2. The molecular formula is C13H14BrFN2O3. The fraction of sp³-hybridized carbons (Fsp3) is 0.385. The molecule has 1 aliphatic heterocycles. The normalized spacial score (nSPS) is 15.2. The van der Waals surface area contributed by atoms with Crippen molar-refractivity contribution >= 4 is 27.9 Å². The molecule has 2 amide bonds. The third-order valence-electron chi connectivity index (χ3n) is 3.16. The Kier molecular flexibility index (Phi) is 4.59. The molecule has 0 aliphatic carbocycles. The predicted octanol–water partition coefficient (Wildman–Crippen LogP) is 2.11. The average molecular weight is 345 g/mol. The highest BCUT2D eigenvalue weighted by Gasteiger charge is 2.26. The minimum Gasteiger partial charge on any atom is -0.453 e. The van der Waals surface area contributed by atoms with Gasteiger partial charge in [0.25, 0.3) is 5.91 Å². The van der Waals surface area contributed by atoms with Gasteiger partial charge in [0.15, 0.2) is 0 Å². The van der Waals surface area contributed by atoms with Gasteiger partial charge in [-0.1, -0.05) is 0 Å². The summed E-state index contributed by atoms with van der Waals surface area (Å²) >= 11 is 3.25. The topological polar surface area (TPSA) is 49.9 Å². The van der Waals surface area contributed by atoms with Crippen molar-refractivity contribution in [2.75, 3.05) is 33.3 Å². The number of piperazine rings is 1. The highest BCUT2D eigenvalue weighted by molar-refractivity contribution is 9.10. The number of rotatable bonds is 1. The lowest BCUT2D eigenvalue weighted by Gasteiger charge is -2.34. The van der Waals surface area contributed by atoms with E-state index in [4.69, 9.17) is 0 Å². The van der Waals surface area contributed by atoms with E-state index in [0.29, 0.717) is 30.7 Å². The zero-order chi connectivity index (χ0) is 14.7. The van der Waals surface area contributed by atoms with Crippen LogP contribution in [0.3, 0.4) is 0 Å². The summed E-state index contributed by atoms with van der Waals surface area (Å²) in [6, 6.07) is 4.00. The third kappa shape index (κ3) is 3.09. The van der Waals surface area contributed by atoms with Gasteiger partial charge < -0.3 is 14.5 Å². The van der Waals surface area contributed by atoms with Gasteiger partial charge in [-0.05, 0) is 34.1 Å². The molecule has 20 heavy (non-hydrogen) atoms. The Hall–Kier alpha value is -1.63. The Morgan fingerprint density at radius 3 is 2.40 bits per heavy atom. The fourth-order valence-electron chi connectivity index (χ4n) is 2.05. The number of ether oxygens (including phenoxy) is 1. The molecule has 1 saturated heterocycles. The molecule has 0 saturated carbocycles. The number of halogens is 2. The van der Waals surface area contributed by atoms with E-state index in [2.05, 4.69) is 20.7 Å². The Balaban J connectivity index is 2.05. The van der Waals surface area contributed by atoms with Gasteiger partial charge in [0.1, 0.15) is 5.82 Å². The second-order valence-electron chi connectivity index (χ2n) is 4.37. The number of amides is 2. The van der Waals surface area contributed by atoms with Crippen LogP contribution in [0.25, 0.3) is 0 Å². The van der Waals surface area contributed by atoms with E-state index in [1.54, 1.807) is 4.90 Å². The summed E-state index contributed by atoms with van der Waals surface area (Å²) in [7, 11) is 1.32. The second kappa shape index (κ2) is 6.21. The van der Waals surface area contributed by atoms with Crippen molar-refractivity contribution in [1.29, 1.82) is 0 Å². The number of methoxy groups -OCH3 is 1. The molecule has 0 spiro atoms. The molecule has 0 bridgehead atoms. The van der Waals surface area contributed by atoms with Gasteiger partial charge in [0.05, 0.1) is 12.7 Å². The van der Waals surface area contributed by atoms with Crippen molar-refractivity contribution in [3.63, 3.8) is 0 Å². The molecular weight excluding hydrogens is 331 g/mol. The summed E-state index contributed by atoms with van der Waals surface area (Å²) in [5.41, 5.74) is 0.288. The van der Waals surface area contributed by atoms with Crippen molar-refractivity contribution < 1.29 is 18.7 Å². The van der Waals surface area contributed by atoms with E-state index in [1.807, 2.05) is 0 Å².